The molecule has 6 nitrogen and oxygen atoms in total. The van der Waals surface area contributed by atoms with Gasteiger partial charge in [0.1, 0.15) is 17.4 Å². The van der Waals surface area contributed by atoms with Crippen LogP contribution in [-0.4, -0.2) is 25.1 Å². The van der Waals surface area contributed by atoms with E-state index in [1.165, 1.54) is 12.1 Å². The van der Waals surface area contributed by atoms with Crippen LogP contribution < -0.4 is 10.1 Å². The van der Waals surface area contributed by atoms with Gasteiger partial charge in [-0.05, 0) is 87.4 Å². The number of hydrogen-bond donors (Lipinski definition) is 1. The third-order valence-corrected chi connectivity index (χ3v) is 5.64. The van der Waals surface area contributed by atoms with Crippen LogP contribution in [0.25, 0.3) is 6.08 Å². The monoisotopic (exact) mass is 622 g/mol. The Kier molecular flexibility index (Phi) is 9.42. The van der Waals surface area contributed by atoms with E-state index in [9.17, 15) is 14.9 Å². The number of carbonyl (C=O) groups is 2. The highest BCUT2D eigenvalue weighted by Gasteiger charge is 2.14. The maximum Gasteiger partial charge on any atom is 0.344 e. The molecule has 0 heterocycles. The van der Waals surface area contributed by atoms with E-state index in [4.69, 9.17) is 32.7 Å². The van der Waals surface area contributed by atoms with E-state index >= 15 is 0 Å². The molecule has 0 unspecified atom stereocenters. The first-order valence-electron chi connectivity index (χ1n) is 8.40. The molecule has 30 heavy (non-hydrogen) atoms. The first kappa shape index (κ1) is 24.5. The Balaban J connectivity index is 2.20. The van der Waals surface area contributed by atoms with Crippen molar-refractivity contribution in [3.63, 3.8) is 0 Å². The number of nitriles is 1. The lowest BCUT2D eigenvalue weighted by atomic mass is 10.1. The van der Waals surface area contributed by atoms with Crippen molar-refractivity contribution in [1.82, 2.24) is 0 Å². The minimum atomic E-state index is -0.593. The largest absolute Gasteiger partial charge is 0.480 e. The molecule has 0 saturated carbocycles. The molecule has 0 spiro atoms. The molecular weight excluding hydrogens is 610 g/mol. The third-order valence-electron chi connectivity index (χ3n) is 3.51. The van der Waals surface area contributed by atoms with Crippen molar-refractivity contribution in [2.24, 2.45) is 0 Å². The van der Waals surface area contributed by atoms with Gasteiger partial charge >= 0.3 is 5.97 Å². The molecule has 1 N–H and O–H groups in total. The van der Waals surface area contributed by atoms with Crippen LogP contribution in [0, 0.1) is 14.9 Å². The number of amides is 1. The summed E-state index contributed by atoms with van der Waals surface area (Å²) in [5.74, 6) is -0.612. The number of rotatable bonds is 7. The predicted octanol–water partition coefficient (Wildman–Crippen LogP) is 5.85. The Labute approximate surface area is 205 Å². The normalized spacial score (nSPS) is 10.9. The first-order chi connectivity index (χ1) is 14.2. The van der Waals surface area contributed by atoms with Crippen molar-refractivity contribution >= 4 is 85.4 Å². The Hall–Kier alpha value is -1.80. The van der Waals surface area contributed by atoms with Gasteiger partial charge in [0.15, 0.2) is 6.61 Å². The van der Waals surface area contributed by atoms with Gasteiger partial charge in [-0.25, -0.2) is 4.79 Å². The molecule has 2 aromatic carbocycles. The zero-order valence-corrected chi connectivity index (χ0v) is 20.7. The predicted molar refractivity (Wildman–Crippen MR) is 128 cm³/mol. The molecule has 0 aromatic heterocycles. The van der Waals surface area contributed by atoms with Gasteiger partial charge < -0.3 is 14.8 Å². The molecule has 0 aliphatic carbocycles. The van der Waals surface area contributed by atoms with Gasteiger partial charge in [-0.15, -0.1) is 0 Å². The number of nitrogens with zero attached hydrogens (tertiary/aromatic N) is 1. The fourth-order valence-electron chi connectivity index (χ4n) is 2.22. The second kappa shape index (κ2) is 11.6. The van der Waals surface area contributed by atoms with E-state index in [-0.39, 0.29) is 23.8 Å². The highest BCUT2D eigenvalue weighted by Crippen LogP contribution is 2.33. The van der Waals surface area contributed by atoms with Gasteiger partial charge in [-0.1, -0.05) is 23.2 Å². The molecule has 2 aromatic rings. The van der Waals surface area contributed by atoms with Crippen molar-refractivity contribution < 1.29 is 19.1 Å². The van der Waals surface area contributed by atoms with Gasteiger partial charge in [0, 0.05) is 5.69 Å². The lowest BCUT2D eigenvalue weighted by Gasteiger charge is -2.11. The SMILES string of the molecule is CCOC(=O)COc1c(Br)cc(/C=C(\C#N)C(=O)Nc2ccc(Cl)c(Cl)c2)cc1I. The maximum absolute atomic E-state index is 12.5. The fraction of sp³-hybridized carbons (Fsp3) is 0.150. The van der Waals surface area contributed by atoms with E-state index < -0.39 is 11.9 Å². The molecule has 0 radical (unpaired) electrons. The summed E-state index contributed by atoms with van der Waals surface area (Å²) < 4.78 is 11.6. The zero-order valence-electron chi connectivity index (χ0n) is 15.5. The van der Waals surface area contributed by atoms with Crippen LogP contribution in [-0.2, 0) is 14.3 Å². The van der Waals surface area contributed by atoms with Crippen molar-refractivity contribution in [3.8, 4) is 11.8 Å². The number of ether oxygens (including phenoxy) is 2. The Bertz CT molecular complexity index is 1030. The summed E-state index contributed by atoms with van der Waals surface area (Å²) in [7, 11) is 0. The van der Waals surface area contributed by atoms with Crippen LogP contribution in [0.3, 0.4) is 0 Å². The number of benzene rings is 2. The molecule has 0 saturated heterocycles. The number of anilines is 1. The molecule has 0 bridgehead atoms. The van der Waals surface area contributed by atoms with Crippen LogP contribution in [0.4, 0.5) is 5.69 Å². The Morgan fingerprint density at radius 3 is 2.60 bits per heavy atom. The van der Waals surface area contributed by atoms with Crippen LogP contribution in [0.2, 0.25) is 10.0 Å². The molecule has 0 aliphatic heterocycles. The van der Waals surface area contributed by atoms with Crippen LogP contribution in [0.5, 0.6) is 5.75 Å². The topological polar surface area (TPSA) is 88.4 Å². The third kappa shape index (κ3) is 6.87. The lowest BCUT2D eigenvalue weighted by molar-refractivity contribution is -0.145. The van der Waals surface area contributed by atoms with E-state index in [1.807, 2.05) is 28.7 Å². The van der Waals surface area contributed by atoms with Gasteiger partial charge in [-0.3, -0.25) is 4.79 Å². The molecule has 0 aliphatic rings. The van der Waals surface area contributed by atoms with Gasteiger partial charge in [0.25, 0.3) is 5.91 Å². The van der Waals surface area contributed by atoms with E-state index in [0.29, 0.717) is 30.1 Å². The average molecular weight is 624 g/mol. The molecule has 0 fully saturated rings. The molecular formula is C20H14BrCl2IN2O4. The summed E-state index contributed by atoms with van der Waals surface area (Å²) in [6.45, 7) is 1.75. The standard InChI is InChI=1S/C20H14BrCl2IN2O4/c1-2-29-18(27)10-30-19-14(21)6-11(7-17(19)24)5-12(9-25)20(28)26-13-3-4-15(22)16(23)8-13/h3-8H,2,10H2,1H3,(H,26,28)/b12-5+. The summed E-state index contributed by atoms with van der Waals surface area (Å²) in [4.78, 5) is 23.9. The number of carbonyl (C=O) groups excluding carboxylic acids is 2. The Morgan fingerprint density at radius 2 is 2.00 bits per heavy atom. The number of esters is 1. The van der Waals surface area contributed by atoms with Crippen LogP contribution in [0.15, 0.2) is 40.4 Å². The average Bonchev–Trinajstić information content (AvgIpc) is 2.68. The maximum atomic E-state index is 12.5. The van der Waals surface area contributed by atoms with Crippen molar-refractivity contribution in [2.75, 3.05) is 18.5 Å². The van der Waals surface area contributed by atoms with Crippen molar-refractivity contribution in [2.45, 2.75) is 6.92 Å². The molecule has 156 valence electrons. The second-order valence-electron chi connectivity index (χ2n) is 5.66. The van der Waals surface area contributed by atoms with E-state index in [1.54, 1.807) is 31.2 Å². The summed E-state index contributed by atoms with van der Waals surface area (Å²) in [6.07, 6.45) is 1.44. The van der Waals surface area contributed by atoms with Crippen LogP contribution >= 0.6 is 61.7 Å². The van der Waals surface area contributed by atoms with Crippen molar-refractivity contribution in [3.05, 3.63) is 59.6 Å². The second-order valence-corrected chi connectivity index (χ2v) is 8.49. The summed E-state index contributed by atoms with van der Waals surface area (Å²) in [6, 6.07) is 9.89. The minimum Gasteiger partial charge on any atom is -0.480 e. The summed E-state index contributed by atoms with van der Waals surface area (Å²) >= 11 is 17.2. The van der Waals surface area contributed by atoms with E-state index in [0.717, 1.165) is 0 Å². The van der Waals surface area contributed by atoms with Crippen molar-refractivity contribution in [1.29, 1.82) is 5.26 Å². The smallest absolute Gasteiger partial charge is 0.344 e. The van der Waals surface area contributed by atoms with Gasteiger partial charge in [-0.2, -0.15) is 5.26 Å². The Morgan fingerprint density at radius 1 is 1.27 bits per heavy atom. The first-order valence-corrected chi connectivity index (χ1v) is 11.0. The van der Waals surface area contributed by atoms with E-state index in [2.05, 4.69) is 21.2 Å². The highest BCUT2D eigenvalue weighted by molar-refractivity contribution is 14.1. The molecule has 2 rings (SSSR count). The quantitative estimate of drug-likeness (QED) is 0.181. The van der Waals surface area contributed by atoms with Crippen LogP contribution in [0.1, 0.15) is 12.5 Å². The molecule has 0 atom stereocenters. The van der Waals surface area contributed by atoms with Gasteiger partial charge in [0.05, 0.1) is 24.7 Å². The molecule has 10 heteroatoms. The summed E-state index contributed by atoms with van der Waals surface area (Å²) in [5, 5.41) is 12.7. The zero-order chi connectivity index (χ0) is 22.3. The number of nitrogens with one attached hydrogen (secondary N) is 1. The number of hydrogen-bond acceptors (Lipinski definition) is 5. The number of halogens is 4. The molecule has 1 amide bonds. The highest BCUT2D eigenvalue weighted by atomic mass is 127. The fourth-order valence-corrected chi connectivity index (χ4v) is 4.29. The van der Waals surface area contributed by atoms with Gasteiger partial charge in [0.2, 0.25) is 0 Å². The lowest BCUT2D eigenvalue weighted by Crippen LogP contribution is -2.15. The minimum absolute atomic E-state index is 0.107. The summed E-state index contributed by atoms with van der Waals surface area (Å²) in [5.41, 5.74) is 0.897.